The summed E-state index contributed by atoms with van der Waals surface area (Å²) in [5, 5.41) is 12.2. The molecule has 0 saturated carbocycles. The molecule has 0 spiro atoms. The Morgan fingerprint density at radius 2 is 1.83 bits per heavy atom. The van der Waals surface area contributed by atoms with Gasteiger partial charge in [-0.1, -0.05) is 41.4 Å². The number of anilines is 1. The smallest absolute Gasteiger partial charge is 0.496 e. The average Bonchev–Trinajstić information content (AvgIpc) is 3.73. The number of para-hydroxylation sites is 2. The van der Waals surface area contributed by atoms with Gasteiger partial charge in [-0.15, -0.1) is 18.3 Å². The number of halogens is 5. The van der Waals surface area contributed by atoms with Crippen molar-refractivity contribution in [1.29, 1.82) is 0 Å². The summed E-state index contributed by atoms with van der Waals surface area (Å²) >= 11 is 12.7. The van der Waals surface area contributed by atoms with Gasteiger partial charge in [0.05, 0.1) is 46.0 Å². The number of alkyl halides is 3. The second kappa shape index (κ2) is 16.5. The van der Waals surface area contributed by atoms with Gasteiger partial charge in [0.2, 0.25) is 5.95 Å². The van der Waals surface area contributed by atoms with E-state index in [0.29, 0.717) is 71.1 Å². The molecule has 1 saturated heterocycles. The molecule has 5 aromatic rings. The molecule has 12 nitrogen and oxygen atoms in total. The highest BCUT2D eigenvalue weighted by Crippen LogP contribution is 2.31. The fourth-order valence-corrected chi connectivity index (χ4v) is 6.85. The molecule has 2 aromatic heterocycles. The number of carbonyl (C=O) groups is 1. The van der Waals surface area contributed by atoms with Gasteiger partial charge in [0.1, 0.15) is 12.1 Å². The molecular weight excluding hydrogens is 722 g/mol. The number of aromatic nitrogens is 6. The number of hydrogen-bond acceptors (Lipinski definition) is 9. The zero-order chi connectivity index (χ0) is 36.8. The van der Waals surface area contributed by atoms with E-state index in [0.717, 1.165) is 30.6 Å². The van der Waals surface area contributed by atoms with Crippen molar-refractivity contribution in [3.63, 3.8) is 0 Å². The van der Waals surface area contributed by atoms with Gasteiger partial charge in [0.15, 0.2) is 0 Å². The molecule has 3 heterocycles. The highest BCUT2D eigenvalue weighted by Gasteiger charge is 2.30. The third-order valence-corrected chi connectivity index (χ3v) is 9.90. The number of ether oxygens (including phenoxy) is 2. The Balaban J connectivity index is 1.16. The number of carbonyl (C=O) groups excluding carboxylic acids is 1. The van der Waals surface area contributed by atoms with E-state index in [-0.39, 0.29) is 18.4 Å². The second-order valence-electron chi connectivity index (χ2n) is 12.5. The lowest BCUT2D eigenvalue weighted by Gasteiger charge is -2.28. The summed E-state index contributed by atoms with van der Waals surface area (Å²) in [5.41, 5.74) is 3.41. The van der Waals surface area contributed by atoms with Gasteiger partial charge < -0.3 is 24.0 Å². The molecule has 1 fully saturated rings. The summed E-state index contributed by atoms with van der Waals surface area (Å²) in [6.07, 6.45) is -1.71. The average molecular weight is 761 g/mol. The number of fused-ring (bicyclic) bond motifs is 1. The normalized spacial score (nSPS) is 14.8. The fraction of sp³-hybridized carbons (Fsp3) is 0.400. The Labute approximate surface area is 308 Å². The number of imidazole rings is 1. The number of nitrogens with zero attached hydrogens (tertiary/aromatic N) is 9. The molecular formula is C35H38Cl2F3N9O3. The number of rotatable bonds is 13. The summed E-state index contributed by atoms with van der Waals surface area (Å²) in [4.78, 5) is 24.9. The lowest BCUT2D eigenvalue weighted by molar-refractivity contribution is -0.325. The van der Waals surface area contributed by atoms with Gasteiger partial charge in [-0.05, 0) is 84.4 Å². The molecule has 0 aliphatic carbocycles. The van der Waals surface area contributed by atoms with Gasteiger partial charge >= 0.3 is 6.36 Å². The number of likely N-dealkylation sites (N-methyl/N-ethyl adjacent to an activating group) is 1. The van der Waals surface area contributed by atoms with Gasteiger partial charge in [-0.2, -0.15) is 0 Å². The lowest BCUT2D eigenvalue weighted by Crippen LogP contribution is -2.35. The third kappa shape index (κ3) is 8.95. The summed E-state index contributed by atoms with van der Waals surface area (Å²) in [6.45, 7) is 3.48. The predicted molar refractivity (Wildman–Crippen MR) is 191 cm³/mol. The molecule has 3 aromatic carbocycles. The van der Waals surface area contributed by atoms with E-state index in [1.165, 1.54) is 18.1 Å². The molecule has 1 aliphatic rings. The fourth-order valence-electron chi connectivity index (χ4n) is 6.54. The van der Waals surface area contributed by atoms with Crippen LogP contribution in [0.3, 0.4) is 0 Å². The molecule has 1 aliphatic heterocycles. The summed E-state index contributed by atoms with van der Waals surface area (Å²) in [6, 6.07) is 18.2. The maximum Gasteiger partial charge on any atom is 0.522 e. The molecule has 52 heavy (non-hydrogen) atoms. The zero-order valence-electron chi connectivity index (χ0n) is 28.6. The number of tetrazole rings is 1. The minimum absolute atomic E-state index is 0.0148. The standard InChI is InChI=1S/C35H38Cl2F3N9O3/c1-45(33(50)27-21-26(9-11-32(27)51-2)49-23-41-43-44-49)22-25(24-8-10-28(36)29(37)20-24)12-15-46-13-5-14-47(17-16-46)34-42-30-6-3-4-7-31(30)48(34)18-19-52-35(38,39)40/h3-4,6-11,20-21,23,25H,5,12-19,22H2,1-2H3. The number of benzene rings is 3. The molecule has 17 heteroatoms. The maximum absolute atomic E-state index is 13.9. The summed E-state index contributed by atoms with van der Waals surface area (Å²) in [5.74, 6) is 0.734. The quantitative estimate of drug-likeness (QED) is 0.136. The van der Waals surface area contributed by atoms with Crippen molar-refractivity contribution in [3.8, 4) is 11.4 Å². The van der Waals surface area contributed by atoms with Crippen molar-refractivity contribution in [3.05, 3.63) is 88.2 Å². The van der Waals surface area contributed by atoms with E-state index < -0.39 is 13.0 Å². The van der Waals surface area contributed by atoms with Crippen molar-refractivity contribution < 1.29 is 27.4 Å². The van der Waals surface area contributed by atoms with Crippen molar-refractivity contribution in [1.82, 2.24) is 39.6 Å². The Bertz CT molecular complexity index is 1980. The molecule has 1 amide bonds. The summed E-state index contributed by atoms with van der Waals surface area (Å²) in [7, 11) is 3.27. The maximum atomic E-state index is 13.9. The first kappa shape index (κ1) is 37.3. The molecule has 0 bridgehead atoms. The SMILES string of the molecule is COc1ccc(-n2cnnn2)cc1C(=O)N(C)CC(CCN1CCCN(c2nc3ccccc3n2CCOC(F)(F)F)CC1)c1ccc(Cl)c(Cl)c1. The van der Waals surface area contributed by atoms with Crippen LogP contribution in [-0.4, -0.2) is 112 Å². The van der Waals surface area contributed by atoms with Crippen molar-refractivity contribution >= 4 is 46.1 Å². The molecule has 0 radical (unpaired) electrons. The minimum atomic E-state index is -4.70. The zero-order valence-corrected chi connectivity index (χ0v) is 30.2. The monoisotopic (exact) mass is 759 g/mol. The van der Waals surface area contributed by atoms with Crippen molar-refractivity contribution in [2.24, 2.45) is 0 Å². The number of amides is 1. The Hall–Kier alpha value is -4.44. The van der Waals surface area contributed by atoms with Crippen LogP contribution in [0.2, 0.25) is 10.0 Å². The van der Waals surface area contributed by atoms with E-state index in [1.807, 2.05) is 36.4 Å². The van der Waals surface area contributed by atoms with Crippen LogP contribution in [0.1, 0.15) is 34.7 Å². The van der Waals surface area contributed by atoms with Gasteiger partial charge in [-0.3, -0.25) is 9.53 Å². The first-order valence-electron chi connectivity index (χ1n) is 16.8. The van der Waals surface area contributed by atoms with Crippen LogP contribution < -0.4 is 9.64 Å². The van der Waals surface area contributed by atoms with E-state index in [9.17, 15) is 18.0 Å². The van der Waals surface area contributed by atoms with E-state index in [4.69, 9.17) is 32.9 Å². The van der Waals surface area contributed by atoms with Crippen molar-refractivity contribution in [2.45, 2.75) is 31.7 Å². The topological polar surface area (TPSA) is 107 Å². The Morgan fingerprint density at radius 1 is 1.00 bits per heavy atom. The van der Waals surface area contributed by atoms with E-state index >= 15 is 0 Å². The minimum Gasteiger partial charge on any atom is -0.496 e. The van der Waals surface area contributed by atoms with Gasteiger partial charge in [-0.25, -0.2) is 9.67 Å². The van der Waals surface area contributed by atoms with Crippen LogP contribution in [0.5, 0.6) is 5.75 Å². The first-order valence-corrected chi connectivity index (χ1v) is 17.5. The third-order valence-electron chi connectivity index (χ3n) is 9.16. The van der Waals surface area contributed by atoms with Gasteiger partial charge in [0, 0.05) is 45.7 Å². The Morgan fingerprint density at radius 3 is 2.58 bits per heavy atom. The van der Waals surface area contributed by atoms with Gasteiger partial charge in [0.25, 0.3) is 5.91 Å². The van der Waals surface area contributed by atoms with Crippen LogP contribution in [0.15, 0.2) is 67.0 Å². The summed E-state index contributed by atoms with van der Waals surface area (Å²) < 4.78 is 51.3. The lowest BCUT2D eigenvalue weighted by atomic mass is 9.94. The van der Waals surface area contributed by atoms with Crippen LogP contribution in [-0.2, 0) is 11.3 Å². The first-order chi connectivity index (χ1) is 25.0. The van der Waals surface area contributed by atoms with Crippen LogP contribution in [0.4, 0.5) is 19.1 Å². The van der Waals surface area contributed by atoms with Crippen LogP contribution in [0, 0.1) is 0 Å². The van der Waals surface area contributed by atoms with Crippen LogP contribution in [0.25, 0.3) is 16.7 Å². The second-order valence-corrected chi connectivity index (χ2v) is 13.3. The highest BCUT2D eigenvalue weighted by molar-refractivity contribution is 6.42. The van der Waals surface area contributed by atoms with Crippen molar-refractivity contribution in [2.75, 3.05) is 64.9 Å². The predicted octanol–water partition coefficient (Wildman–Crippen LogP) is 6.32. The highest BCUT2D eigenvalue weighted by atomic mass is 35.5. The molecule has 1 unspecified atom stereocenters. The molecule has 0 N–H and O–H groups in total. The molecule has 276 valence electrons. The Kier molecular flexibility index (Phi) is 11.8. The molecule has 1 atom stereocenters. The number of hydrogen-bond donors (Lipinski definition) is 0. The van der Waals surface area contributed by atoms with Crippen LogP contribution >= 0.6 is 23.2 Å². The largest absolute Gasteiger partial charge is 0.522 e. The molecule has 6 rings (SSSR count). The number of methoxy groups -OCH3 is 1. The van der Waals surface area contributed by atoms with E-state index in [2.05, 4.69) is 30.1 Å². The van der Waals surface area contributed by atoms with E-state index in [1.54, 1.807) is 40.8 Å².